The van der Waals surface area contributed by atoms with Crippen molar-refractivity contribution in [1.82, 2.24) is 5.32 Å². The van der Waals surface area contributed by atoms with E-state index in [0.29, 0.717) is 24.7 Å². The number of nitrogens with zero attached hydrogens (tertiary/aromatic N) is 1. The van der Waals surface area contributed by atoms with Crippen molar-refractivity contribution >= 4 is 29.2 Å². The highest BCUT2D eigenvalue weighted by atomic mass is 35.5. The van der Waals surface area contributed by atoms with E-state index in [0.717, 1.165) is 6.07 Å². The average molecular weight is 437 g/mol. The molecule has 0 heterocycles. The third-order valence-corrected chi connectivity index (χ3v) is 4.12. The van der Waals surface area contributed by atoms with Gasteiger partial charge < -0.3 is 19.5 Å². The van der Waals surface area contributed by atoms with Gasteiger partial charge in [-0.1, -0.05) is 11.6 Å². The highest BCUT2D eigenvalue weighted by molar-refractivity contribution is 6.34. The number of esters is 1. The molecule has 0 saturated heterocycles. The number of hydrogen-bond acceptors (Lipinski definition) is 7. The zero-order chi connectivity index (χ0) is 22.1. The van der Waals surface area contributed by atoms with Gasteiger partial charge in [0.2, 0.25) is 0 Å². The first-order chi connectivity index (χ1) is 14.4. The Morgan fingerprint density at radius 1 is 1.07 bits per heavy atom. The minimum absolute atomic E-state index is 0.0350. The maximum absolute atomic E-state index is 12.2. The average Bonchev–Trinajstić information content (AvgIpc) is 2.72. The van der Waals surface area contributed by atoms with Gasteiger partial charge in [-0.2, -0.15) is 0 Å². The summed E-state index contributed by atoms with van der Waals surface area (Å²) in [5, 5.41) is 13.2. The third-order valence-electron chi connectivity index (χ3n) is 3.81. The minimum Gasteiger partial charge on any atom is -0.490 e. The standard InChI is InChI=1S/C20H21ClN2O7/c1-3-28-17-8-5-13(11-18(17)29-4-2)20(25)30-10-9-22-19(24)15-7-6-14(23(26)27)12-16(15)21/h5-8,11-12H,3-4,9-10H2,1-2H3,(H,22,24). The van der Waals surface area contributed by atoms with Crippen LogP contribution in [0.25, 0.3) is 0 Å². The van der Waals surface area contributed by atoms with Crippen molar-refractivity contribution in [3.8, 4) is 11.5 Å². The molecule has 2 aromatic carbocycles. The Kier molecular flexibility index (Phi) is 8.42. The number of nitrogens with one attached hydrogen (secondary N) is 1. The fourth-order valence-electron chi connectivity index (χ4n) is 2.47. The maximum Gasteiger partial charge on any atom is 0.338 e. The molecule has 0 spiro atoms. The summed E-state index contributed by atoms with van der Waals surface area (Å²) in [5.74, 6) is -0.148. The monoisotopic (exact) mass is 436 g/mol. The number of non-ortho nitro benzene ring substituents is 1. The van der Waals surface area contributed by atoms with Gasteiger partial charge in [-0.25, -0.2) is 4.79 Å². The molecule has 0 bridgehead atoms. The Hall–Kier alpha value is -3.33. The van der Waals surface area contributed by atoms with Gasteiger partial charge in [0.15, 0.2) is 11.5 Å². The molecule has 1 amide bonds. The van der Waals surface area contributed by atoms with Crippen LogP contribution in [0.4, 0.5) is 5.69 Å². The van der Waals surface area contributed by atoms with Gasteiger partial charge >= 0.3 is 5.97 Å². The number of carbonyl (C=O) groups excluding carboxylic acids is 2. The molecule has 0 fully saturated rings. The fraction of sp³-hybridized carbons (Fsp3) is 0.300. The Bertz CT molecular complexity index is 933. The van der Waals surface area contributed by atoms with Crippen LogP contribution in [0.2, 0.25) is 5.02 Å². The van der Waals surface area contributed by atoms with Crippen LogP contribution in [0.5, 0.6) is 11.5 Å². The van der Waals surface area contributed by atoms with Crippen LogP contribution in [0.1, 0.15) is 34.6 Å². The molecule has 0 atom stereocenters. The molecule has 0 aliphatic heterocycles. The number of nitro benzene ring substituents is 1. The lowest BCUT2D eigenvalue weighted by Gasteiger charge is -2.12. The molecule has 160 valence electrons. The molecule has 0 aliphatic carbocycles. The number of benzene rings is 2. The van der Waals surface area contributed by atoms with Gasteiger partial charge in [0.25, 0.3) is 11.6 Å². The third kappa shape index (κ3) is 6.08. The first-order valence-corrected chi connectivity index (χ1v) is 9.54. The van der Waals surface area contributed by atoms with Crippen molar-refractivity contribution in [2.75, 3.05) is 26.4 Å². The molecule has 0 aliphatic rings. The quantitative estimate of drug-likeness (QED) is 0.261. The van der Waals surface area contributed by atoms with Crippen LogP contribution in [0.3, 0.4) is 0 Å². The summed E-state index contributed by atoms with van der Waals surface area (Å²) in [6.45, 7) is 4.49. The first kappa shape index (κ1) is 23.0. The summed E-state index contributed by atoms with van der Waals surface area (Å²) >= 11 is 5.91. The Morgan fingerprint density at radius 2 is 1.77 bits per heavy atom. The van der Waals surface area contributed by atoms with Crippen LogP contribution in [0.15, 0.2) is 36.4 Å². The Morgan fingerprint density at radius 3 is 2.40 bits per heavy atom. The van der Waals surface area contributed by atoms with Crippen molar-refractivity contribution in [2.24, 2.45) is 0 Å². The fourth-order valence-corrected chi connectivity index (χ4v) is 2.73. The smallest absolute Gasteiger partial charge is 0.338 e. The zero-order valence-corrected chi connectivity index (χ0v) is 17.2. The summed E-state index contributed by atoms with van der Waals surface area (Å²) in [5.41, 5.74) is 0.153. The van der Waals surface area contributed by atoms with Crippen LogP contribution < -0.4 is 14.8 Å². The van der Waals surface area contributed by atoms with Crippen molar-refractivity contribution in [1.29, 1.82) is 0 Å². The molecule has 0 saturated carbocycles. The largest absolute Gasteiger partial charge is 0.490 e. The number of halogens is 1. The highest BCUT2D eigenvalue weighted by Gasteiger charge is 2.16. The van der Waals surface area contributed by atoms with Gasteiger partial charge in [0.1, 0.15) is 6.61 Å². The van der Waals surface area contributed by atoms with E-state index in [9.17, 15) is 19.7 Å². The van der Waals surface area contributed by atoms with Crippen LogP contribution in [-0.4, -0.2) is 43.2 Å². The molecule has 9 nitrogen and oxygen atoms in total. The van der Waals surface area contributed by atoms with Crippen LogP contribution >= 0.6 is 11.6 Å². The lowest BCUT2D eigenvalue weighted by atomic mass is 10.2. The van der Waals surface area contributed by atoms with Gasteiger partial charge in [-0.15, -0.1) is 0 Å². The van der Waals surface area contributed by atoms with Gasteiger partial charge in [-0.3, -0.25) is 14.9 Å². The highest BCUT2D eigenvalue weighted by Crippen LogP contribution is 2.28. The van der Waals surface area contributed by atoms with Crippen molar-refractivity contribution in [3.05, 3.63) is 62.7 Å². The topological polar surface area (TPSA) is 117 Å². The second kappa shape index (κ2) is 11.0. The zero-order valence-electron chi connectivity index (χ0n) is 16.5. The van der Waals surface area contributed by atoms with E-state index < -0.39 is 16.8 Å². The number of amides is 1. The number of hydrogen-bond donors (Lipinski definition) is 1. The maximum atomic E-state index is 12.2. The second-order valence-electron chi connectivity index (χ2n) is 5.84. The first-order valence-electron chi connectivity index (χ1n) is 9.16. The van der Waals surface area contributed by atoms with E-state index in [1.165, 1.54) is 18.2 Å². The van der Waals surface area contributed by atoms with Crippen molar-refractivity contribution < 1.29 is 28.7 Å². The molecule has 0 radical (unpaired) electrons. The Balaban J connectivity index is 1.89. The van der Waals surface area contributed by atoms with E-state index in [1.54, 1.807) is 12.1 Å². The van der Waals surface area contributed by atoms with Crippen molar-refractivity contribution in [3.63, 3.8) is 0 Å². The summed E-state index contributed by atoms with van der Waals surface area (Å²) in [4.78, 5) is 34.5. The number of rotatable bonds is 10. The van der Waals surface area contributed by atoms with E-state index in [1.807, 2.05) is 13.8 Å². The molecular weight excluding hydrogens is 416 g/mol. The van der Waals surface area contributed by atoms with E-state index in [-0.39, 0.29) is 35.0 Å². The van der Waals surface area contributed by atoms with E-state index in [2.05, 4.69) is 5.32 Å². The lowest BCUT2D eigenvalue weighted by Crippen LogP contribution is -2.28. The predicted molar refractivity (Wildman–Crippen MR) is 110 cm³/mol. The summed E-state index contributed by atoms with van der Waals surface area (Å²) < 4.78 is 16.1. The summed E-state index contributed by atoms with van der Waals surface area (Å²) in [6, 6.07) is 8.26. The van der Waals surface area contributed by atoms with Gasteiger partial charge in [0.05, 0.1) is 40.8 Å². The molecule has 0 aromatic heterocycles. The van der Waals surface area contributed by atoms with Crippen molar-refractivity contribution in [2.45, 2.75) is 13.8 Å². The molecule has 2 rings (SSSR count). The Labute approximate surface area is 178 Å². The summed E-state index contributed by atoms with van der Waals surface area (Å²) in [7, 11) is 0. The van der Waals surface area contributed by atoms with Crippen LogP contribution in [-0.2, 0) is 4.74 Å². The second-order valence-corrected chi connectivity index (χ2v) is 6.25. The SMILES string of the molecule is CCOc1ccc(C(=O)OCCNC(=O)c2ccc([N+](=O)[O-])cc2Cl)cc1OCC. The normalized spacial score (nSPS) is 10.2. The van der Waals surface area contributed by atoms with Gasteiger partial charge in [-0.05, 0) is 38.1 Å². The number of ether oxygens (including phenoxy) is 3. The molecule has 30 heavy (non-hydrogen) atoms. The molecule has 10 heteroatoms. The summed E-state index contributed by atoms with van der Waals surface area (Å²) in [6.07, 6.45) is 0. The molecule has 2 aromatic rings. The van der Waals surface area contributed by atoms with E-state index >= 15 is 0 Å². The van der Waals surface area contributed by atoms with Gasteiger partial charge in [0, 0.05) is 12.1 Å². The number of carbonyl (C=O) groups is 2. The van der Waals surface area contributed by atoms with E-state index in [4.69, 9.17) is 25.8 Å². The molecule has 0 unspecified atom stereocenters. The molecule has 1 N–H and O–H groups in total. The predicted octanol–water partition coefficient (Wildman–Crippen LogP) is 3.63. The minimum atomic E-state index is -0.606. The number of nitro groups is 1. The molecular formula is C20H21ClN2O7. The van der Waals surface area contributed by atoms with Crippen LogP contribution in [0, 0.1) is 10.1 Å². The lowest BCUT2D eigenvalue weighted by molar-refractivity contribution is -0.384.